The van der Waals surface area contributed by atoms with Crippen molar-refractivity contribution in [2.75, 3.05) is 26.4 Å². The highest BCUT2D eigenvalue weighted by atomic mass is 79.9. The first-order valence-corrected chi connectivity index (χ1v) is 7.36. The zero-order valence-corrected chi connectivity index (χ0v) is 13.1. The van der Waals surface area contributed by atoms with E-state index < -0.39 is 0 Å². The lowest BCUT2D eigenvalue weighted by atomic mass is 10.2. The van der Waals surface area contributed by atoms with Crippen LogP contribution in [0.2, 0.25) is 0 Å². The maximum absolute atomic E-state index is 12.1. The highest BCUT2D eigenvalue weighted by Crippen LogP contribution is 2.37. The lowest BCUT2D eigenvalue weighted by Gasteiger charge is -2.15. The predicted molar refractivity (Wildman–Crippen MR) is 78.8 cm³/mol. The summed E-state index contributed by atoms with van der Waals surface area (Å²) in [5.74, 6) is 1.35. The Morgan fingerprint density at radius 3 is 2.68 bits per heavy atom. The van der Waals surface area contributed by atoms with Gasteiger partial charge in [-0.15, -0.1) is 0 Å². The van der Waals surface area contributed by atoms with Crippen molar-refractivity contribution in [1.29, 1.82) is 0 Å². The fraction of sp³-hybridized carbons (Fsp3) is 0.571. The van der Waals surface area contributed by atoms with Gasteiger partial charge >= 0.3 is 0 Å². The molecule has 0 unspecified atom stereocenters. The van der Waals surface area contributed by atoms with Crippen molar-refractivity contribution in [2.24, 2.45) is 0 Å². The van der Waals surface area contributed by atoms with Crippen LogP contribution in [0.25, 0.3) is 0 Å². The third kappa shape index (κ3) is 5.37. The number of hydrogen-bond donors (Lipinski definition) is 1. The minimum absolute atomic E-state index is 0.349. The molecule has 0 saturated carbocycles. The number of rotatable bonds is 9. The minimum Gasteiger partial charge on any atom is -0.490 e. The van der Waals surface area contributed by atoms with Crippen molar-refractivity contribution in [3.8, 4) is 11.5 Å². The molecule has 0 aliphatic heterocycles. The van der Waals surface area contributed by atoms with Crippen LogP contribution < -0.4 is 14.8 Å². The number of ether oxygens (including phenoxy) is 2. The van der Waals surface area contributed by atoms with E-state index >= 15 is 0 Å². The van der Waals surface area contributed by atoms with Gasteiger partial charge in [-0.3, -0.25) is 4.39 Å². The van der Waals surface area contributed by atoms with E-state index in [9.17, 15) is 4.39 Å². The summed E-state index contributed by atoms with van der Waals surface area (Å²) in [5, 5.41) is 3.27. The highest BCUT2D eigenvalue weighted by molar-refractivity contribution is 9.10. The fourth-order valence-electron chi connectivity index (χ4n) is 1.62. The summed E-state index contributed by atoms with van der Waals surface area (Å²) >= 11 is 3.49. The smallest absolute Gasteiger partial charge is 0.175 e. The summed E-state index contributed by atoms with van der Waals surface area (Å²) in [4.78, 5) is 0. The van der Waals surface area contributed by atoms with E-state index in [-0.39, 0.29) is 6.67 Å². The maximum atomic E-state index is 12.1. The summed E-state index contributed by atoms with van der Waals surface area (Å²) in [6.07, 6.45) is 0.386. The number of nitrogens with one attached hydrogen (secondary N) is 1. The quantitative estimate of drug-likeness (QED) is 0.699. The Kier molecular flexibility index (Phi) is 7.82. The van der Waals surface area contributed by atoms with Gasteiger partial charge in [0.25, 0.3) is 0 Å². The minimum atomic E-state index is -0.375. The van der Waals surface area contributed by atoms with Gasteiger partial charge in [0.15, 0.2) is 11.5 Å². The molecular weight excluding hydrogens is 313 g/mol. The summed E-state index contributed by atoms with van der Waals surface area (Å²) < 4.78 is 24.1. The molecule has 1 rings (SSSR count). The number of hydrogen-bond acceptors (Lipinski definition) is 3. The van der Waals surface area contributed by atoms with Crippen LogP contribution in [0.5, 0.6) is 11.5 Å². The molecule has 5 heteroatoms. The van der Waals surface area contributed by atoms with Crippen LogP contribution in [0, 0.1) is 0 Å². The number of benzene rings is 1. The van der Waals surface area contributed by atoms with Crippen LogP contribution in [-0.2, 0) is 6.54 Å². The topological polar surface area (TPSA) is 30.5 Å². The molecular formula is C14H21BrFNO2. The Hall–Kier alpha value is -0.810. The van der Waals surface area contributed by atoms with Crippen molar-refractivity contribution in [3.63, 3.8) is 0 Å². The van der Waals surface area contributed by atoms with E-state index in [0.717, 1.165) is 23.1 Å². The molecule has 0 aromatic heterocycles. The lowest BCUT2D eigenvalue weighted by molar-refractivity contribution is 0.261. The van der Waals surface area contributed by atoms with E-state index in [4.69, 9.17) is 9.47 Å². The van der Waals surface area contributed by atoms with Crippen LogP contribution in [-0.4, -0.2) is 26.4 Å². The van der Waals surface area contributed by atoms with Crippen LogP contribution in [0.4, 0.5) is 4.39 Å². The van der Waals surface area contributed by atoms with Crippen LogP contribution in [0.1, 0.15) is 25.8 Å². The third-order valence-corrected chi connectivity index (χ3v) is 3.06. The van der Waals surface area contributed by atoms with Crippen molar-refractivity contribution in [1.82, 2.24) is 5.32 Å². The van der Waals surface area contributed by atoms with Crippen LogP contribution >= 0.6 is 15.9 Å². The van der Waals surface area contributed by atoms with Gasteiger partial charge in [0.2, 0.25) is 0 Å². The molecule has 1 aromatic carbocycles. The molecule has 0 atom stereocenters. The van der Waals surface area contributed by atoms with Gasteiger partial charge < -0.3 is 14.8 Å². The van der Waals surface area contributed by atoms with E-state index in [2.05, 4.69) is 28.2 Å². The normalized spacial score (nSPS) is 10.5. The fourth-order valence-corrected chi connectivity index (χ4v) is 2.23. The second-order valence-electron chi connectivity index (χ2n) is 4.01. The van der Waals surface area contributed by atoms with Gasteiger partial charge in [-0.05, 0) is 47.1 Å². The number of alkyl halides is 1. The Morgan fingerprint density at radius 2 is 2.05 bits per heavy atom. The average Bonchev–Trinajstić information content (AvgIpc) is 2.40. The van der Waals surface area contributed by atoms with E-state index in [1.807, 2.05) is 19.1 Å². The Morgan fingerprint density at radius 1 is 1.26 bits per heavy atom. The van der Waals surface area contributed by atoms with Gasteiger partial charge in [0, 0.05) is 13.0 Å². The Balaban J connectivity index is 2.87. The van der Waals surface area contributed by atoms with Gasteiger partial charge in [0.05, 0.1) is 24.4 Å². The summed E-state index contributed by atoms with van der Waals surface area (Å²) in [6, 6.07) is 3.96. The second-order valence-corrected chi connectivity index (χ2v) is 4.86. The monoisotopic (exact) mass is 333 g/mol. The van der Waals surface area contributed by atoms with E-state index in [1.54, 1.807) is 0 Å². The molecule has 0 radical (unpaired) electrons. The van der Waals surface area contributed by atoms with Crippen molar-refractivity contribution >= 4 is 15.9 Å². The predicted octanol–water partition coefficient (Wildman–Crippen LogP) is 3.70. The molecule has 0 fully saturated rings. The molecule has 1 aromatic rings. The standard InChI is InChI=1S/C14H21BrFNO2/c1-3-17-10-11-8-12(15)14(19-7-5-6-16)13(9-11)18-4-2/h8-9,17H,3-7,10H2,1-2H3. The number of halogens is 2. The molecule has 0 bridgehead atoms. The molecule has 0 aliphatic rings. The van der Waals surface area contributed by atoms with Gasteiger partial charge in [-0.25, -0.2) is 0 Å². The van der Waals surface area contributed by atoms with Crippen molar-refractivity contribution in [2.45, 2.75) is 26.8 Å². The van der Waals surface area contributed by atoms with Crippen LogP contribution in [0.15, 0.2) is 16.6 Å². The zero-order valence-electron chi connectivity index (χ0n) is 11.5. The highest BCUT2D eigenvalue weighted by Gasteiger charge is 2.12. The first-order chi connectivity index (χ1) is 9.22. The summed E-state index contributed by atoms with van der Waals surface area (Å²) in [7, 11) is 0. The van der Waals surface area contributed by atoms with Gasteiger partial charge in [-0.1, -0.05) is 6.92 Å². The maximum Gasteiger partial charge on any atom is 0.175 e. The summed E-state index contributed by atoms with van der Waals surface area (Å²) in [5.41, 5.74) is 1.12. The largest absolute Gasteiger partial charge is 0.490 e. The molecule has 3 nitrogen and oxygen atoms in total. The molecule has 0 spiro atoms. The molecule has 108 valence electrons. The first-order valence-electron chi connectivity index (χ1n) is 6.57. The van der Waals surface area contributed by atoms with Crippen molar-refractivity contribution < 1.29 is 13.9 Å². The first kappa shape index (κ1) is 16.2. The molecule has 0 aliphatic carbocycles. The average molecular weight is 334 g/mol. The molecule has 0 heterocycles. The molecule has 19 heavy (non-hydrogen) atoms. The van der Waals surface area contributed by atoms with E-state index in [0.29, 0.717) is 31.1 Å². The lowest BCUT2D eigenvalue weighted by Crippen LogP contribution is -2.12. The third-order valence-electron chi connectivity index (χ3n) is 2.47. The zero-order chi connectivity index (χ0) is 14.1. The summed E-state index contributed by atoms with van der Waals surface area (Å²) in [6.45, 7) is 6.22. The van der Waals surface area contributed by atoms with Gasteiger partial charge in [-0.2, -0.15) is 0 Å². The second kappa shape index (κ2) is 9.15. The van der Waals surface area contributed by atoms with E-state index in [1.165, 1.54) is 0 Å². The SMILES string of the molecule is CCNCc1cc(Br)c(OCCCF)c(OCC)c1. The Bertz CT molecular complexity index is 388. The van der Waals surface area contributed by atoms with Crippen LogP contribution in [0.3, 0.4) is 0 Å². The van der Waals surface area contributed by atoms with Gasteiger partial charge in [0.1, 0.15) is 0 Å². The molecule has 1 N–H and O–H groups in total. The van der Waals surface area contributed by atoms with Crippen molar-refractivity contribution in [3.05, 3.63) is 22.2 Å². The molecule has 0 saturated heterocycles. The Labute approximate surface area is 122 Å². The molecule has 0 amide bonds.